The summed E-state index contributed by atoms with van der Waals surface area (Å²) in [4.78, 5) is 11.4. The predicted molar refractivity (Wildman–Crippen MR) is 72.5 cm³/mol. The molecule has 1 atom stereocenters. The molecule has 0 aliphatic heterocycles. The van der Waals surface area contributed by atoms with Crippen LogP contribution in [0.5, 0.6) is 0 Å². The number of methoxy groups -OCH3 is 1. The van der Waals surface area contributed by atoms with Crippen LogP contribution in [-0.4, -0.2) is 25.5 Å². The van der Waals surface area contributed by atoms with Gasteiger partial charge in [0.25, 0.3) is 0 Å². The number of nitrogens with one attached hydrogen (secondary N) is 2. The van der Waals surface area contributed by atoms with E-state index in [0.29, 0.717) is 12.2 Å². The Bertz CT molecular complexity index is 366. The molecule has 6 nitrogen and oxygen atoms in total. The summed E-state index contributed by atoms with van der Waals surface area (Å²) in [5.41, 5.74) is 3.04. The fraction of sp³-hybridized carbons (Fsp3) is 0.400. The van der Waals surface area contributed by atoms with E-state index in [0.717, 1.165) is 5.70 Å². The first-order valence-corrected chi connectivity index (χ1v) is 5.86. The van der Waals surface area contributed by atoms with Gasteiger partial charge in [-0.2, -0.15) is 5.10 Å². The van der Waals surface area contributed by atoms with E-state index in [1.54, 1.807) is 20.1 Å². The van der Waals surface area contributed by atoms with Crippen LogP contribution in [0.25, 0.3) is 0 Å². The van der Waals surface area contributed by atoms with Crippen LogP contribution in [0.4, 0.5) is 4.79 Å². The number of amides is 2. The SMILES string of the molecule is C/C=N/NC(=O)NC1=CC(OC)=CC(OI)C1. The molecule has 7 heteroatoms. The Labute approximate surface area is 114 Å². The molecular weight excluding hydrogens is 337 g/mol. The lowest BCUT2D eigenvalue weighted by Gasteiger charge is -2.19. The van der Waals surface area contributed by atoms with Crippen LogP contribution in [0.2, 0.25) is 0 Å². The van der Waals surface area contributed by atoms with Crippen molar-refractivity contribution in [1.29, 1.82) is 0 Å². The topological polar surface area (TPSA) is 72.0 Å². The average Bonchev–Trinajstić information content (AvgIpc) is 2.35. The summed E-state index contributed by atoms with van der Waals surface area (Å²) in [7, 11) is 1.57. The zero-order chi connectivity index (χ0) is 12.7. The van der Waals surface area contributed by atoms with Crippen molar-refractivity contribution in [2.75, 3.05) is 7.11 Å². The lowest BCUT2D eigenvalue weighted by Crippen LogP contribution is -2.33. The van der Waals surface area contributed by atoms with E-state index in [2.05, 4.69) is 15.8 Å². The number of hydrogen-bond acceptors (Lipinski definition) is 4. The Balaban J connectivity index is 2.61. The van der Waals surface area contributed by atoms with E-state index < -0.39 is 0 Å². The second-order valence-electron chi connectivity index (χ2n) is 3.23. The molecule has 0 spiro atoms. The minimum Gasteiger partial charge on any atom is -0.497 e. The fourth-order valence-corrected chi connectivity index (χ4v) is 1.63. The van der Waals surface area contributed by atoms with Crippen molar-refractivity contribution < 1.29 is 12.6 Å². The number of urea groups is 1. The van der Waals surface area contributed by atoms with Crippen molar-refractivity contribution in [3.63, 3.8) is 0 Å². The monoisotopic (exact) mass is 351 g/mol. The van der Waals surface area contributed by atoms with Gasteiger partial charge in [-0.25, -0.2) is 10.2 Å². The number of carbonyl (C=O) groups excluding carboxylic acids is 1. The Morgan fingerprint density at radius 1 is 1.71 bits per heavy atom. The summed E-state index contributed by atoms with van der Waals surface area (Å²) in [6.07, 6.45) is 5.56. The lowest BCUT2D eigenvalue weighted by atomic mass is 10.1. The zero-order valence-electron chi connectivity index (χ0n) is 9.57. The maximum Gasteiger partial charge on any atom is 0.339 e. The van der Waals surface area contributed by atoms with Gasteiger partial charge < -0.3 is 13.1 Å². The summed E-state index contributed by atoms with van der Waals surface area (Å²) >= 11 is 1.82. The van der Waals surface area contributed by atoms with E-state index in [1.807, 2.05) is 29.1 Å². The number of nitrogens with zero attached hydrogens (tertiary/aromatic N) is 1. The van der Waals surface area contributed by atoms with Gasteiger partial charge in [-0.1, -0.05) is 0 Å². The number of hydrogen-bond donors (Lipinski definition) is 2. The second-order valence-corrected chi connectivity index (χ2v) is 3.74. The first kappa shape index (κ1) is 14.0. The van der Waals surface area contributed by atoms with E-state index in [9.17, 15) is 4.79 Å². The van der Waals surface area contributed by atoms with Crippen LogP contribution in [0.3, 0.4) is 0 Å². The van der Waals surface area contributed by atoms with Gasteiger partial charge in [0.2, 0.25) is 0 Å². The molecule has 0 saturated heterocycles. The van der Waals surface area contributed by atoms with E-state index in [4.69, 9.17) is 7.80 Å². The fourth-order valence-electron chi connectivity index (χ4n) is 1.31. The molecule has 94 valence electrons. The van der Waals surface area contributed by atoms with Gasteiger partial charge in [0.15, 0.2) is 0 Å². The Kier molecular flexibility index (Phi) is 5.98. The number of allylic oxidation sites excluding steroid dienone is 1. The Morgan fingerprint density at radius 3 is 3.06 bits per heavy atom. The molecule has 1 aliphatic rings. The summed E-state index contributed by atoms with van der Waals surface area (Å²) in [5, 5.41) is 6.30. The molecule has 0 saturated carbocycles. The quantitative estimate of drug-likeness (QED) is 0.461. The molecule has 2 N–H and O–H groups in total. The molecule has 1 unspecified atom stereocenters. The van der Waals surface area contributed by atoms with Crippen molar-refractivity contribution in [2.24, 2.45) is 5.10 Å². The van der Waals surface area contributed by atoms with Crippen molar-refractivity contribution in [3.8, 4) is 0 Å². The van der Waals surface area contributed by atoms with Gasteiger partial charge in [-0.3, -0.25) is 0 Å². The second kappa shape index (κ2) is 7.28. The standard InChI is InChI=1S/C10H14IN3O3/c1-3-12-14-10(15)13-7-4-8(16-2)6-9(5-7)17-11/h3-4,6,9H,5H2,1-2H3,(H2,13,14,15)/b12-3+. The summed E-state index contributed by atoms with van der Waals surface area (Å²) in [5.74, 6) is 0.659. The summed E-state index contributed by atoms with van der Waals surface area (Å²) in [6, 6.07) is -0.390. The molecule has 0 aromatic heterocycles. The number of rotatable bonds is 4. The predicted octanol–water partition coefficient (Wildman–Crippen LogP) is 1.84. The normalized spacial score (nSPS) is 19.6. The van der Waals surface area contributed by atoms with Crippen LogP contribution >= 0.6 is 23.0 Å². The molecule has 1 aliphatic carbocycles. The third-order valence-electron chi connectivity index (χ3n) is 2.01. The highest BCUT2D eigenvalue weighted by Crippen LogP contribution is 2.20. The van der Waals surface area contributed by atoms with Gasteiger partial charge in [0.05, 0.1) is 13.2 Å². The maximum absolute atomic E-state index is 11.4. The van der Waals surface area contributed by atoms with Crippen molar-refractivity contribution in [2.45, 2.75) is 19.4 Å². The Hall–Kier alpha value is -1.09. The van der Waals surface area contributed by atoms with Gasteiger partial charge in [-0.15, -0.1) is 0 Å². The van der Waals surface area contributed by atoms with Gasteiger partial charge in [-0.05, 0) is 19.1 Å². The highest BCUT2D eigenvalue weighted by Gasteiger charge is 2.17. The Morgan fingerprint density at radius 2 is 2.47 bits per heavy atom. The first-order valence-electron chi connectivity index (χ1n) is 4.98. The van der Waals surface area contributed by atoms with Crippen molar-refractivity contribution in [3.05, 3.63) is 23.6 Å². The summed E-state index contributed by atoms with van der Waals surface area (Å²) in [6.45, 7) is 1.71. The lowest BCUT2D eigenvalue weighted by molar-refractivity contribution is 0.241. The van der Waals surface area contributed by atoms with Crippen LogP contribution in [0.1, 0.15) is 13.3 Å². The van der Waals surface area contributed by atoms with Crippen LogP contribution in [-0.2, 0) is 7.80 Å². The first-order chi connectivity index (χ1) is 8.19. The third-order valence-corrected chi connectivity index (χ3v) is 2.66. The summed E-state index contributed by atoms with van der Waals surface area (Å²) < 4.78 is 10.3. The minimum absolute atomic E-state index is 0.111. The zero-order valence-corrected chi connectivity index (χ0v) is 11.7. The molecule has 1 rings (SSSR count). The number of ether oxygens (including phenoxy) is 1. The maximum atomic E-state index is 11.4. The highest BCUT2D eigenvalue weighted by atomic mass is 127. The molecule has 0 fully saturated rings. The van der Waals surface area contributed by atoms with E-state index >= 15 is 0 Å². The molecule has 17 heavy (non-hydrogen) atoms. The minimum atomic E-state index is -0.390. The smallest absolute Gasteiger partial charge is 0.339 e. The van der Waals surface area contributed by atoms with Gasteiger partial charge in [0, 0.05) is 18.3 Å². The molecule has 2 amide bonds. The molecule has 0 heterocycles. The molecule has 0 bridgehead atoms. The van der Waals surface area contributed by atoms with E-state index in [1.165, 1.54) is 6.21 Å². The van der Waals surface area contributed by atoms with Gasteiger partial charge in [0.1, 0.15) is 28.8 Å². The largest absolute Gasteiger partial charge is 0.497 e. The molecule has 0 radical (unpaired) electrons. The number of carbonyl (C=O) groups is 1. The third kappa shape index (κ3) is 4.73. The average molecular weight is 351 g/mol. The van der Waals surface area contributed by atoms with Crippen LogP contribution in [0, 0.1) is 0 Å². The molecule has 0 aromatic carbocycles. The van der Waals surface area contributed by atoms with Crippen molar-refractivity contribution >= 4 is 35.3 Å². The number of halogens is 1. The molecule has 0 aromatic rings. The van der Waals surface area contributed by atoms with Crippen molar-refractivity contribution in [1.82, 2.24) is 10.7 Å². The van der Waals surface area contributed by atoms with E-state index in [-0.39, 0.29) is 12.1 Å². The highest BCUT2D eigenvalue weighted by molar-refractivity contribution is 14.1. The van der Waals surface area contributed by atoms with Crippen LogP contribution < -0.4 is 10.7 Å². The molecular formula is C10H14IN3O3. The van der Waals surface area contributed by atoms with Gasteiger partial charge >= 0.3 is 6.03 Å². The number of hydrazone groups is 1. The van der Waals surface area contributed by atoms with Crippen LogP contribution in [0.15, 0.2) is 28.7 Å².